The summed E-state index contributed by atoms with van der Waals surface area (Å²) in [6.45, 7) is 2.56. The van der Waals surface area contributed by atoms with Gasteiger partial charge in [0.05, 0.1) is 16.7 Å². The number of nitrogens with one attached hydrogen (secondary N) is 3. The van der Waals surface area contributed by atoms with Crippen LogP contribution in [0.15, 0.2) is 18.2 Å². The number of fused-ring (bicyclic) bond motifs is 1. The molecule has 0 radical (unpaired) electrons. The van der Waals surface area contributed by atoms with Gasteiger partial charge in [0.25, 0.3) is 11.8 Å². The van der Waals surface area contributed by atoms with Crippen LogP contribution in [-0.4, -0.2) is 64.9 Å². The molecule has 3 aliphatic heterocycles. The number of benzene rings is 1. The number of carbonyl (C=O) groups excluding carboxylic acids is 4. The number of aliphatic hydroxyl groups is 1. The normalized spacial score (nSPS) is 23.5. The Kier molecular flexibility index (Phi) is 5.68. The second-order valence-electron chi connectivity index (χ2n) is 8.19. The number of carbonyl (C=O) groups is 4. The van der Waals surface area contributed by atoms with E-state index in [1.54, 1.807) is 18.2 Å². The van der Waals surface area contributed by atoms with Crippen molar-refractivity contribution in [2.45, 2.75) is 50.3 Å². The lowest BCUT2D eigenvalue weighted by Crippen LogP contribution is -2.54. The van der Waals surface area contributed by atoms with E-state index in [-0.39, 0.29) is 18.4 Å². The van der Waals surface area contributed by atoms with Crippen LogP contribution < -0.4 is 16.0 Å². The Balaban J connectivity index is 1.44. The Labute approximate surface area is 174 Å². The van der Waals surface area contributed by atoms with E-state index in [1.807, 2.05) is 0 Å². The zero-order valence-electron chi connectivity index (χ0n) is 16.7. The first-order chi connectivity index (χ1) is 14.4. The van der Waals surface area contributed by atoms with Gasteiger partial charge in [0.2, 0.25) is 11.8 Å². The van der Waals surface area contributed by atoms with Gasteiger partial charge in [-0.3, -0.25) is 29.4 Å². The lowest BCUT2D eigenvalue weighted by atomic mass is 9.89. The molecule has 3 aliphatic rings. The highest BCUT2D eigenvalue weighted by molar-refractivity contribution is 6.24. The zero-order chi connectivity index (χ0) is 21.3. The van der Waals surface area contributed by atoms with Crippen LogP contribution in [0.3, 0.4) is 0 Å². The minimum Gasteiger partial charge on any atom is -0.390 e. The van der Waals surface area contributed by atoms with E-state index in [9.17, 15) is 24.3 Å². The molecule has 30 heavy (non-hydrogen) atoms. The average Bonchev–Trinajstić information content (AvgIpc) is 2.97. The number of nitrogens with zero attached hydrogens (tertiary/aromatic N) is 1. The maximum Gasteiger partial charge on any atom is 0.262 e. The summed E-state index contributed by atoms with van der Waals surface area (Å²) in [4.78, 5) is 50.5. The van der Waals surface area contributed by atoms with Crippen molar-refractivity contribution in [2.75, 3.05) is 19.6 Å². The summed E-state index contributed by atoms with van der Waals surface area (Å²) in [6.07, 6.45) is 2.26. The highest BCUT2D eigenvalue weighted by Crippen LogP contribution is 2.30. The van der Waals surface area contributed by atoms with E-state index < -0.39 is 35.3 Å². The van der Waals surface area contributed by atoms with Crippen molar-refractivity contribution < 1.29 is 24.3 Å². The smallest absolute Gasteiger partial charge is 0.262 e. The Morgan fingerprint density at radius 1 is 1.13 bits per heavy atom. The highest BCUT2D eigenvalue weighted by Gasteiger charge is 2.45. The van der Waals surface area contributed by atoms with Crippen molar-refractivity contribution in [3.8, 4) is 0 Å². The first-order valence-corrected chi connectivity index (χ1v) is 10.4. The third-order valence-electron chi connectivity index (χ3n) is 6.17. The lowest BCUT2D eigenvalue weighted by molar-refractivity contribution is -0.136. The van der Waals surface area contributed by atoms with Crippen molar-refractivity contribution in [3.05, 3.63) is 34.9 Å². The van der Waals surface area contributed by atoms with Gasteiger partial charge >= 0.3 is 0 Å². The second-order valence-corrected chi connectivity index (χ2v) is 8.19. The van der Waals surface area contributed by atoms with Crippen molar-refractivity contribution in [1.82, 2.24) is 20.9 Å². The quantitative estimate of drug-likeness (QED) is 0.371. The molecule has 1 aromatic rings. The molecule has 2 fully saturated rings. The number of piperidine rings is 2. The highest BCUT2D eigenvalue weighted by atomic mass is 16.3. The number of imide groups is 2. The standard InChI is InChI=1S/C21H26N4O5/c26-16-5-4-15(18(27)24-16)25-19(28)14-3-1-2-13(17(14)20(25)29)12-23-11-8-21(30)6-9-22-10-7-21/h1-3,15,22-23,30H,4-12H2,(H,24,26,27). The third kappa shape index (κ3) is 3.88. The van der Waals surface area contributed by atoms with Crippen LogP contribution in [0, 0.1) is 0 Å². The van der Waals surface area contributed by atoms with Gasteiger partial charge in [0.15, 0.2) is 0 Å². The first-order valence-electron chi connectivity index (χ1n) is 10.4. The molecule has 160 valence electrons. The molecule has 4 rings (SSSR count). The van der Waals surface area contributed by atoms with Crippen LogP contribution >= 0.6 is 0 Å². The topological polar surface area (TPSA) is 128 Å². The fourth-order valence-electron chi connectivity index (χ4n) is 4.42. The molecule has 0 saturated carbocycles. The molecule has 4 N–H and O–H groups in total. The van der Waals surface area contributed by atoms with E-state index >= 15 is 0 Å². The molecule has 1 atom stereocenters. The van der Waals surface area contributed by atoms with E-state index in [4.69, 9.17) is 0 Å². The SMILES string of the molecule is O=C1CCC(N2C(=O)c3cccc(CNCCC4(O)CCNCC4)c3C2=O)C(=O)N1. The summed E-state index contributed by atoms with van der Waals surface area (Å²) in [5.74, 6) is -2.02. The maximum atomic E-state index is 13.1. The summed E-state index contributed by atoms with van der Waals surface area (Å²) >= 11 is 0. The second kappa shape index (κ2) is 8.25. The zero-order valence-corrected chi connectivity index (χ0v) is 16.7. The number of rotatable bonds is 6. The van der Waals surface area contributed by atoms with Gasteiger partial charge in [0, 0.05) is 13.0 Å². The molecule has 3 heterocycles. The molecule has 2 saturated heterocycles. The molecule has 9 heteroatoms. The van der Waals surface area contributed by atoms with Crippen LogP contribution in [0.4, 0.5) is 0 Å². The van der Waals surface area contributed by atoms with Gasteiger partial charge in [0.1, 0.15) is 6.04 Å². The van der Waals surface area contributed by atoms with Crippen molar-refractivity contribution >= 4 is 23.6 Å². The Morgan fingerprint density at radius 3 is 2.63 bits per heavy atom. The van der Waals surface area contributed by atoms with E-state index in [2.05, 4.69) is 16.0 Å². The molecule has 1 unspecified atom stereocenters. The van der Waals surface area contributed by atoms with Gasteiger partial charge in [-0.1, -0.05) is 12.1 Å². The summed E-state index contributed by atoms with van der Waals surface area (Å²) < 4.78 is 0. The summed E-state index contributed by atoms with van der Waals surface area (Å²) in [6, 6.07) is 4.12. The molecule has 1 aromatic carbocycles. The van der Waals surface area contributed by atoms with Crippen molar-refractivity contribution in [2.24, 2.45) is 0 Å². The summed E-state index contributed by atoms with van der Waals surface area (Å²) in [7, 11) is 0. The van der Waals surface area contributed by atoms with Gasteiger partial charge in [-0.25, -0.2) is 0 Å². The minimum atomic E-state index is -0.968. The van der Waals surface area contributed by atoms with Crippen LogP contribution in [0.25, 0.3) is 0 Å². The molecule has 0 bridgehead atoms. The lowest BCUT2D eigenvalue weighted by Gasteiger charge is -2.32. The van der Waals surface area contributed by atoms with Gasteiger partial charge in [-0.2, -0.15) is 0 Å². The number of hydrogen-bond donors (Lipinski definition) is 4. The van der Waals surface area contributed by atoms with Crippen LogP contribution in [0.5, 0.6) is 0 Å². The van der Waals surface area contributed by atoms with E-state index in [0.717, 1.165) is 18.0 Å². The number of amides is 4. The minimum absolute atomic E-state index is 0.0939. The Morgan fingerprint density at radius 2 is 1.90 bits per heavy atom. The van der Waals surface area contributed by atoms with Crippen molar-refractivity contribution in [1.29, 1.82) is 0 Å². The van der Waals surface area contributed by atoms with E-state index in [0.29, 0.717) is 43.5 Å². The Bertz CT molecular complexity index is 893. The van der Waals surface area contributed by atoms with Gasteiger partial charge < -0.3 is 15.7 Å². The predicted molar refractivity (Wildman–Crippen MR) is 106 cm³/mol. The average molecular weight is 414 g/mol. The number of hydrogen-bond acceptors (Lipinski definition) is 7. The molecular formula is C21H26N4O5. The molecule has 9 nitrogen and oxygen atoms in total. The van der Waals surface area contributed by atoms with Crippen LogP contribution in [-0.2, 0) is 16.1 Å². The van der Waals surface area contributed by atoms with Gasteiger partial charge in [-0.05, 0) is 56.9 Å². The fraction of sp³-hybridized carbons (Fsp3) is 0.524. The Hall–Kier alpha value is -2.62. The molecule has 0 aliphatic carbocycles. The predicted octanol–water partition coefficient (Wildman–Crippen LogP) is -0.318. The molecule has 0 spiro atoms. The van der Waals surface area contributed by atoms with Crippen LogP contribution in [0.1, 0.15) is 58.4 Å². The monoisotopic (exact) mass is 414 g/mol. The first kappa shape index (κ1) is 20.6. The summed E-state index contributed by atoms with van der Waals surface area (Å²) in [5.41, 5.74) is 0.588. The largest absolute Gasteiger partial charge is 0.390 e. The molecular weight excluding hydrogens is 388 g/mol. The summed E-state index contributed by atoms with van der Waals surface area (Å²) in [5, 5.41) is 19.3. The molecule has 0 aromatic heterocycles. The van der Waals surface area contributed by atoms with E-state index in [1.165, 1.54) is 0 Å². The van der Waals surface area contributed by atoms with Gasteiger partial charge in [-0.15, -0.1) is 0 Å². The third-order valence-corrected chi connectivity index (χ3v) is 6.17. The fourth-order valence-corrected chi connectivity index (χ4v) is 4.42. The van der Waals surface area contributed by atoms with Crippen LogP contribution in [0.2, 0.25) is 0 Å². The van der Waals surface area contributed by atoms with Crippen molar-refractivity contribution in [3.63, 3.8) is 0 Å². The molecule has 4 amide bonds. The maximum absolute atomic E-state index is 13.1.